The molecule has 74 valence electrons. The number of hydrogen-bond acceptors (Lipinski definition) is 1. The first-order chi connectivity index (χ1) is 6.86. The predicted octanol–water partition coefficient (Wildman–Crippen LogP) is 3.46. The van der Waals surface area contributed by atoms with Crippen LogP contribution in [0.3, 0.4) is 0 Å². The summed E-state index contributed by atoms with van der Waals surface area (Å²) in [5.74, 6) is 0. The molecule has 0 unspecified atom stereocenters. The highest BCUT2D eigenvalue weighted by atomic mass is 16.1. The molecule has 0 saturated carbocycles. The van der Waals surface area contributed by atoms with Gasteiger partial charge in [-0.05, 0) is 30.1 Å². The van der Waals surface area contributed by atoms with Crippen molar-refractivity contribution >= 4 is 12.4 Å². The summed E-state index contributed by atoms with van der Waals surface area (Å²) in [7, 11) is 0. The van der Waals surface area contributed by atoms with Crippen LogP contribution in [0.1, 0.15) is 31.7 Å². The van der Waals surface area contributed by atoms with Crippen LogP contribution in [-0.2, 0) is 4.79 Å². The van der Waals surface area contributed by atoms with E-state index in [1.807, 2.05) is 36.4 Å². The van der Waals surface area contributed by atoms with Crippen molar-refractivity contribution in [3.63, 3.8) is 0 Å². The number of aldehydes is 1. The number of rotatable bonds is 5. The van der Waals surface area contributed by atoms with Crippen LogP contribution in [0, 0.1) is 0 Å². The Balaban J connectivity index is 2.68. The molecule has 1 rings (SSSR count). The average molecular weight is 188 g/mol. The van der Waals surface area contributed by atoms with Crippen molar-refractivity contribution in [1.29, 1.82) is 0 Å². The lowest BCUT2D eigenvalue weighted by atomic mass is 10.1. The highest BCUT2D eigenvalue weighted by Gasteiger charge is 1.95. The Labute approximate surface area is 85.5 Å². The molecule has 1 nitrogen and oxygen atoms in total. The van der Waals surface area contributed by atoms with Gasteiger partial charge in [-0.1, -0.05) is 43.7 Å². The second-order valence-corrected chi connectivity index (χ2v) is 3.35. The Morgan fingerprint density at radius 2 is 2.00 bits per heavy atom. The fraction of sp³-hybridized carbons (Fsp3) is 0.308. The normalized spacial score (nSPS) is 11.4. The minimum atomic E-state index is 0.884. The van der Waals surface area contributed by atoms with E-state index in [-0.39, 0.29) is 0 Å². The minimum absolute atomic E-state index is 0.884. The number of benzene rings is 1. The second kappa shape index (κ2) is 6.14. The number of carbonyl (C=O) groups is 1. The molecule has 14 heavy (non-hydrogen) atoms. The monoisotopic (exact) mass is 188 g/mol. The second-order valence-electron chi connectivity index (χ2n) is 3.35. The van der Waals surface area contributed by atoms with Gasteiger partial charge >= 0.3 is 0 Å². The molecule has 1 heteroatoms. The topological polar surface area (TPSA) is 17.1 Å². The lowest BCUT2D eigenvalue weighted by Gasteiger charge is -1.98. The molecule has 1 aromatic rings. The van der Waals surface area contributed by atoms with Crippen molar-refractivity contribution in [2.45, 2.75) is 26.2 Å². The van der Waals surface area contributed by atoms with E-state index in [2.05, 4.69) is 6.92 Å². The molecule has 0 aliphatic carbocycles. The molecule has 0 aromatic heterocycles. The maximum Gasteiger partial charge on any atom is 0.146 e. The third-order valence-corrected chi connectivity index (χ3v) is 2.12. The standard InChI is InChI=1S/C13H16O/c1-2-3-7-13(11-14)10-12-8-5-4-6-9-12/h4-6,8-11H,2-3,7H2,1H3/b13-10+. The van der Waals surface area contributed by atoms with E-state index in [1.165, 1.54) is 0 Å². The molecule has 0 amide bonds. The SMILES string of the molecule is CCCC/C(C=O)=C\c1ccccc1. The largest absolute Gasteiger partial charge is 0.298 e. The lowest BCUT2D eigenvalue weighted by Crippen LogP contribution is -1.85. The molecule has 0 aliphatic rings. The summed E-state index contributed by atoms with van der Waals surface area (Å²) in [6.07, 6.45) is 6.01. The summed E-state index contributed by atoms with van der Waals surface area (Å²) in [6, 6.07) is 9.96. The molecule has 0 radical (unpaired) electrons. The fourth-order valence-electron chi connectivity index (χ4n) is 1.31. The van der Waals surface area contributed by atoms with Crippen molar-refractivity contribution in [3.05, 3.63) is 41.5 Å². The average Bonchev–Trinajstić information content (AvgIpc) is 2.25. The van der Waals surface area contributed by atoms with Crippen molar-refractivity contribution in [1.82, 2.24) is 0 Å². The van der Waals surface area contributed by atoms with E-state index in [9.17, 15) is 4.79 Å². The summed E-state index contributed by atoms with van der Waals surface area (Å²) in [5.41, 5.74) is 1.99. The molecule has 0 bridgehead atoms. The van der Waals surface area contributed by atoms with Crippen LogP contribution in [-0.4, -0.2) is 6.29 Å². The van der Waals surface area contributed by atoms with Gasteiger partial charge in [0.05, 0.1) is 0 Å². The van der Waals surface area contributed by atoms with Crippen LogP contribution in [0.25, 0.3) is 6.08 Å². The zero-order chi connectivity index (χ0) is 10.2. The number of allylic oxidation sites excluding steroid dienone is 1. The molecule has 1 aromatic carbocycles. The Bertz CT molecular complexity index is 298. The van der Waals surface area contributed by atoms with Gasteiger partial charge in [-0.2, -0.15) is 0 Å². The van der Waals surface area contributed by atoms with E-state index in [0.29, 0.717) is 0 Å². The Hall–Kier alpha value is -1.37. The van der Waals surface area contributed by atoms with Crippen LogP contribution < -0.4 is 0 Å². The van der Waals surface area contributed by atoms with Crippen LogP contribution in [0.4, 0.5) is 0 Å². The summed E-state index contributed by atoms with van der Waals surface area (Å²) >= 11 is 0. The van der Waals surface area contributed by atoms with E-state index in [0.717, 1.165) is 36.7 Å². The Morgan fingerprint density at radius 3 is 2.57 bits per heavy atom. The van der Waals surface area contributed by atoms with Crippen LogP contribution in [0.2, 0.25) is 0 Å². The van der Waals surface area contributed by atoms with Crippen molar-refractivity contribution in [2.24, 2.45) is 0 Å². The molecular formula is C13H16O. The zero-order valence-corrected chi connectivity index (χ0v) is 8.57. The summed E-state index contributed by atoms with van der Waals surface area (Å²) in [5, 5.41) is 0. The quantitative estimate of drug-likeness (QED) is 0.511. The predicted molar refractivity (Wildman–Crippen MR) is 60.0 cm³/mol. The molecule has 0 saturated heterocycles. The first kappa shape index (κ1) is 10.7. The number of hydrogen-bond donors (Lipinski definition) is 0. The number of carbonyl (C=O) groups excluding carboxylic acids is 1. The minimum Gasteiger partial charge on any atom is -0.298 e. The van der Waals surface area contributed by atoms with Crippen LogP contribution in [0.15, 0.2) is 35.9 Å². The third-order valence-electron chi connectivity index (χ3n) is 2.12. The van der Waals surface area contributed by atoms with Gasteiger partial charge in [0.2, 0.25) is 0 Å². The zero-order valence-electron chi connectivity index (χ0n) is 8.57. The van der Waals surface area contributed by atoms with E-state index < -0.39 is 0 Å². The van der Waals surface area contributed by atoms with Crippen molar-refractivity contribution in [3.8, 4) is 0 Å². The molecule has 0 N–H and O–H groups in total. The maximum atomic E-state index is 10.7. The first-order valence-electron chi connectivity index (χ1n) is 5.07. The highest BCUT2D eigenvalue weighted by molar-refractivity contribution is 5.81. The molecule has 0 fully saturated rings. The molecule has 0 aliphatic heterocycles. The van der Waals surface area contributed by atoms with E-state index in [1.54, 1.807) is 0 Å². The Kier molecular flexibility index (Phi) is 4.70. The third kappa shape index (κ3) is 3.56. The van der Waals surface area contributed by atoms with Gasteiger partial charge in [0.1, 0.15) is 6.29 Å². The first-order valence-corrected chi connectivity index (χ1v) is 5.07. The summed E-state index contributed by atoms with van der Waals surface area (Å²) in [6.45, 7) is 2.13. The smallest absolute Gasteiger partial charge is 0.146 e. The van der Waals surface area contributed by atoms with E-state index in [4.69, 9.17) is 0 Å². The molecule has 0 heterocycles. The molecule has 0 spiro atoms. The van der Waals surface area contributed by atoms with Crippen molar-refractivity contribution < 1.29 is 4.79 Å². The van der Waals surface area contributed by atoms with Gasteiger partial charge in [0.25, 0.3) is 0 Å². The Morgan fingerprint density at radius 1 is 1.29 bits per heavy atom. The van der Waals surface area contributed by atoms with Gasteiger partial charge < -0.3 is 0 Å². The van der Waals surface area contributed by atoms with E-state index >= 15 is 0 Å². The van der Waals surface area contributed by atoms with Gasteiger partial charge in [-0.3, -0.25) is 4.79 Å². The van der Waals surface area contributed by atoms with Crippen LogP contribution in [0.5, 0.6) is 0 Å². The van der Waals surface area contributed by atoms with Gasteiger partial charge in [-0.15, -0.1) is 0 Å². The maximum absolute atomic E-state index is 10.7. The van der Waals surface area contributed by atoms with Gasteiger partial charge in [0.15, 0.2) is 0 Å². The van der Waals surface area contributed by atoms with Crippen LogP contribution >= 0.6 is 0 Å². The van der Waals surface area contributed by atoms with Crippen molar-refractivity contribution in [2.75, 3.05) is 0 Å². The number of unbranched alkanes of at least 4 members (excludes halogenated alkanes) is 1. The summed E-state index contributed by atoms with van der Waals surface area (Å²) in [4.78, 5) is 10.7. The van der Waals surface area contributed by atoms with Gasteiger partial charge in [-0.25, -0.2) is 0 Å². The lowest BCUT2D eigenvalue weighted by molar-refractivity contribution is -0.105. The van der Waals surface area contributed by atoms with Gasteiger partial charge in [0, 0.05) is 0 Å². The molecule has 0 atom stereocenters. The molecular weight excluding hydrogens is 172 g/mol. The fourth-order valence-corrected chi connectivity index (χ4v) is 1.31. The summed E-state index contributed by atoms with van der Waals surface area (Å²) < 4.78 is 0. The highest BCUT2D eigenvalue weighted by Crippen LogP contribution is 2.10.